The number of carbonyl (C=O) groups is 2. The van der Waals surface area contributed by atoms with Crippen molar-refractivity contribution in [1.29, 1.82) is 0 Å². The van der Waals surface area contributed by atoms with Crippen LogP contribution in [0, 0.1) is 17.7 Å². The molecule has 2 aromatic rings. The van der Waals surface area contributed by atoms with Crippen molar-refractivity contribution in [2.24, 2.45) is 11.8 Å². The van der Waals surface area contributed by atoms with Gasteiger partial charge < -0.3 is 19.4 Å². The quantitative estimate of drug-likeness (QED) is 0.879. The third-order valence-electron chi connectivity index (χ3n) is 6.41. The molecule has 0 saturated carbocycles. The van der Waals surface area contributed by atoms with Crippen LogP contribution in [0.1, 0.15) is 33.8 Å². The molecule has 0 radical (unpaired) electrons. The Hall–Kier alpha value is -2.67. The van der Waals surface area contributed by atoms with Gasteiger partial charge in [-0.1, -0.05) is 0 Å². The van der Waals surface area contributed by atoms with Crippen molar-refractivity contribution in [1.82, 2.24) is 10.2 Å². The van der Waals surface area contributed by atoms with Crippen molar-refractivity contribution in [3.05, 3.63) is 59.8 Å². The second-order valence-corrected chi connectivity index (χ2v) is 7.91. The minimum absolute atomic E-state index is 0.111. The van der Waals surface area contributed by atoms with E-state index < -0.39 is 0 Å². The minimum atomic E-state index is -0.368. The van der Waals surface area contributed by atoms with Gasteiger partial charge in [-0.2, -0.15) is 0 Å². The number of nitrogens with zero attached hydrogens (tertiary/aromatic N) is 1. The van der Waals surface area contributed by atoms with Gasteiger partial charge in [0.05, 0.1) is 24.5 Å². The smallest absolute Gasteiger partial charge is 0.289 e. The van der Waals surface area contributed by atoms with Gasteiger partial charge in [0.2, 0.25) is 0 Å². The number of benzene rings is 1. The molecule has 28 heavy (non-hydrogen) atoms. The van der Waals surface area contributed by atoms with E-state index in [1.54, 1.807) is 17.0 Å². The zero-order chi connectivity index (χ0) is 19.3. The molecule has 4 heterocycles. The highest BCUT2D eigenvalue weighted by molar-refractivity contribution is 5.94. The lowest BCUT2D eigenvalue weighted by Gasteiger charge is -2.29. The number of hydrogen-bond donors (Lipinski definition) is 1. The standard InChI is InChI=1S/C21H21FN2O4/c22-14-5-3-13(4-6-14)19(25)23-10-15-16-11-24(20(26)18-2-1-9-27-18)12-21(16)8-7-17(15)28-21/h1-6,9,15-17H,7-8,10-12H2,(H,23,25)/t15-,16+,17+,21+/m0/s1. The summed E-state index contributed by atoms with van der Waals surface area (Å²) in [6.45, 7) is 1.65. The lowest BCUT2D eigenvalue weighted by Crippen LogP contribution is -2.41. The monoisotopic (exact) mass is 384 g/mol. The summed E-state index contributed by atoms with van der Waals surface area (Å²) >= 11 is 0. The van der Waals surface area contributed by atoms with Crippen LogP contribution in [0.3, 0.4) is 0 Å². The van der Waals surface area contributed by atoms with Crippen LogP contribution < -0.4 is 5.32 Å². The molecule has 5 rings (SSSR count). The lowest BCUT2D eigenvalue weighted by atomic mass is 9.73. The zero-order valence-electron chi connectivity index (χ0n) is 15.3. The molecular weight excluding hydrogens is 363 g/mol. The van der Waals surface area contributed by atoms with Crippen molar-refractivity contribution in [2.45, 2.75) is 24.5 Å². The third kappa shape index (κ3) is 2.73. The van der Waals surface area contributed by atoms with Gasteiger partial charge in [0, 0.05) is 30.5 Å². The second-order valence-electron chi connectivity index (χ2n) is 7.91. The number of likely N-dealkylation sites (tertiary alicyclic amines) is 1. The van der Waals surface area contributed by atoms with Gasteiger partial charge in [0.15, 0.2) is 5.76 Å². The normalized spacial score (nSPS) is 30.5. The van der Waals surface area contributed by atoms with E-state index in [1.165, 1.54) is 30.5 Å². The Morgan fingerprint density at radius 3 is 2.82 bits per heavy atom. The average molecular weight is 384 g/mol. The molecule has 7 heteroatoms. The van der Waals surface area contributed by atoms with E-state index in [1.807, 2.05) is 0 Å². The van der Waals surface area contributed by atoms with E-state index in [0.29, 0.717) is 31.0 Å². The highest BCUT2D eigenvalue weighted by Gasteiger charge is 2.63. The summed E-state index contributed by atoms with van der Waals surface area (Å²) in [6.07, 6.45) is 3.49. The molecule has 1 aromatic heterocycles. The first kappa shape index (κ1) is 17.4. The number of furan rings is 1. The van der Waals surface area contributed by atoms with Gasteiger partial charge in [0.25, 0.3) is 11.8 Å². The van der Waals surface area contributed by atoms with Gasteiger partial charge >= 0.3 is 0 Å². The fourth-order valence-corrected chi connectivity index (χ4v) is 5.09. The van der Waals surface area contributed by atoms with Crippen molar-refractivity contribution in [3.8, 4) is 0 Å². The number of halogens is 1. The first-order valence-electron chi connectivity index (χ1n) is 9.60. The van der Waals surface area contributed by atoms with Crippen LogP contribution in [0.25, 0.3) is 0 Å². The number of ether oxygens (including phenoxy) is 1. The summed E-state index contributed by atoms with van der Waals surface area (Å²) in [5, 5.41) is 2.96. The number of carbonyl (C=O) groups excluding carboxylic acids is 2. The van der Waals surface area contributed by atoms with Crippen molar-refractivity contribution in [3.63, 3.8) is 0 Å². The molecule has 1 spiro atoms. The Morgan fingerprint density at radius 2 is 2.07 bits per heavy atom. The number of hydrogen-bond acceptors (Lipinski definition) is 4. The van der Waals surface area contributed by atoms with Crippen molar-refractivity contribution < 1.29 is 23.1 Å². The first-order chi connectivity index (χ1) is 13.6. The van der Waals surface area contributed by atoms with Crippen LogP contribution in [0.5, 0.6) is 0 Å². The largest absolute Gasteiger partial charge is 0.459 e. The average Bonchev–Trinajstić information content (AvgIpc) is 3.46. The van der Waals surface area contributed by atoms with Crippen LogP contribution in [0.15, 0.2) is 47.1 Å². The summed E-state index contributed by atoms with van der Waals surface area (Å²) in [5.74, 6) is -0.0150. The summed E-state index contributed by atoms with van der Waals surface area (Å²) in [7, 11) is 0. The Bertz CT molecular complexity index is 898. The van der Waals surface area contributed by atoms with E-state index >= 15 is 0 Å². The third-order valence-corrected chi connectivity index (χ3v) is 6.41. The lowest BCUT2D eigenvalue weighted by molar-refractivity contribution is 0.00286. The van der Waals surface area contributed by atoms with Gasteiger partial charge in [-0.05, 0) is 49.2 Å². The predicted octanol–water partition coefficient (Wildman–Crippen LogP) is 2.47. The molecule has 1 aromatic carbocycles. The Balaban J connectivity index is 1.27. The Morgan fingerprint density at radius 1 is 1.25 bits per heavy atom. The summed E-state index contributed by atoms with van der Waals surface area (Å²) in [5.41, 5.74) is 0.124. The molecule has 0 aliphatic carbocycles. The van der Waals surface area contributed by atoms with E-state index in [-0.39, 0.29) is 41.2 Å². The van der Waals surface area contributed by atoms with Crippen LogP contribution in [-0.4, -0.2) is 48.1 Å². The van der Waals surface area contributed by atoms with Gasteiger partial charge in [-0.25, -0.2) is 4.39 Å². The topological polar surface area (TPSA) is 71.8 Å². The van der Waals surface area contributed by atoms with Gasteiger partial charge in [-0.15, -0.1) is 0 Å². The van der Waals surface area contributed by atoms with Crippen molar-refractivity contribution in [2.75, 3.05) is 19.6 Å². The molecule has 3 fully saturated rings. The molecule has 3 aliphatic heterocycles. The predicted molar refractivity (Wildman–Crippen MR) is 97.2 cm³/mol. The zero-order valence-corrected chi connectivity index (χ0v) is 15.3. The van der Waals surface area contributed by atoms with E-state index in [0.717, 1.165) is 12.8 Å². The maximum atomic E-state index is 13.0. The number of nitrogens with one attached hydrogen (secondary N) is 1. The SMILES string of the molecule is O=C(NC[C@H]1[C@H]2CN(C(=O)c3ccco3)C[C@]23CC[C@H]1O3)c1ccc(F)cc1. The Kier molecular flexibility index (Phi) is 4.01. The molecule has 3 saturated heterocycles. The van der Waals surface area contributed by atoms with E-state index in [4.69, 9.17) is 9.15 Å². The highest BCUT2D eigenvalue weighted by atomic mass is 19.1. The van der Waals surface area contributed by atoms with Crippen LogP contribution in [0.4, 0.5) is 4.39 Å². The van der Waals surface area contributed by atoms with E-state index in [9.17, 15) is 14.0 Å². The first-order valence-corrected chi connectivity index (χ1v) is 9.60. The number of rotatable bonds is 4. The van der Waals surface area contributed by atoms with Crippen LogP contribution in [-0.2, 0) is 4.74 Å². The highest BCUT2D eigenvalue weighted by Crippen LogP contribution is 2.54. The summed E-state index contributed by atoms with van der Waals surface area (Å²) in [6, 6.07) is 8.88. The maximum Gasteiger partial charge on any atom is 0.289 e. The number of fused-ring (bicyclic) bond motifs is 1. The van der Waals surface area contributed by atoms with Gasteiger partial charge in [0.1, 0.15) is 5.82 Å². The second kappa shape index (κ2) is 6.44. The number of amides is 2. The van der Waals surface area contributed by atoms with Crippen molar-refractivity contribution >= 4 is 11.8 Å². The molecule has 3 aliphatic rings. The van der Waals surface area contributed by atoms with Gasteiger partial charge in [-0.3, -0.25) is 9.59 Å². The molecule has 0 unspecified atom stereocenters. The summed E-state index contributed by atoms with van der Waals surface area (Å²) in [4.78, 5) is 26.9. The molecular formula is C21H21FN2O4. The molecule has 2 amide bonds. The van der Waals surface area contributed by atoms with Crippen LogP contribution in [0.2, 0.25) is 0 Å². The molecule has 2 bridgehead atoms. The minimum Gasteiger partial charge on any atom is -0.459 e. The molecule has 4 atom stereocenters. The Labute approximate surface area is 161 Å². The fraction of sp³-hybridized carbons (Fsp3) is 0.429. The molecule has 6 nitrogen and oxygen atoms in total. The van der Waals surface area contributed by atoms with E-state index in [2.05, 4.69) is 5.32 Å². The fourth-order valence-electron chi connectivity index (χ4n) is 5.09. The molecule has 146 valence electrons. The maximum absolute atomic E-state index is 13.0. The molecule has 1 N–H and O–H groups in total. The summed E-state index contributed by atoms with van der Waals surface area (Å²) < 4.78 is 24.6. The van der Waals surface area contributed by atoms with Crippen LogP contribution >= 0.6 is 0 Å².